The average Bonchev–Trinajstić information content (AvgIpc) is 3.05. The summed E-state index contributed by atoms with van der Waals surface area (Å²) in [7, 11) is 4.58. The fourth-order valence-electron chi connectivity index (χ4n) is 3.36. The van der Waals surface area contributed by atoms with Crippen LogP contribution in [0.15, 0.2) is 46.9 Å². The molecule has 0 fully saturated rings. The summed E-state index contributed by atoms with van der Waals surface area (Å²) in [5.74, 6) is 1.41. The fourth-order valence-corrected chi connectivity index (χ4v) is 3.36. The molecule has 138 valence electrons. The van der Waals surface area contributed by atoms with Crippen LogP contribution in [0.5, 0.6) is 28.7 Å². The molecule has 0 bridgehead atoms. The zero-order valence-electron chi connectivity index (χ0n) is 15.1. The first-order chi connectivity index (χ1) is 13.1. The van der Waals surface area contributed by atoms with Crippen molar-refractivity contribution >= 4 is 21.9 Å². The van der Waals surface area contributed by atoms with Gasteiger partial charge in [-0.05, 0) is 35.9 Å². The van der Waals surface area contributed by atoms with E-state index in [1.165, 1.54) is 20.3 Å². The van der Waals surface area contributed by atoms with Crippen molar-refractivity contribution in [3.05, 3.63) is 42.5 Å². The molecule has 0 saturated heterocycles. The van der Waals surface area contributed by atoms with Crippen molar-refractivity contribution in [2.75, 3.05) is 21.3 Å². The van der Waals surface area contributed by atoms with Gasteiger partial charge in [-0.15, -0.1) is 0 Å². The van der Waals surface area contributed by atoms with Gasteiger partial charge in [-0.1, -0.05) is 12.1 Å². The molecule has 0 saturated carbocycles. The number of rotatable bonds is 4. The first-order valence-electron chi connectivity index (χ1n) is 8.25. The Morgan fingerprint density at radius 3 is 2.11 bits per heavy atom. The van der Waals surface area contributed by atoms with E-state index in [-0.39, 0.29) is 17.2 Å². The summed E-state index contributed by atoms with van der Waals surface area (Å²) in [6.45, 7) is 0. The lowest BCUT2D eigenvalue weighted by Crippen LogP contribution is -1.91. The summed E-state index contributed by atoms with van der Waals surface area (Å²) in [5, 5.41) is 22.0. The van der Waals surface area contributed by atoms with Crippen molar-refractivity contribution in [3.63, 3.8) is 0 Å². The lowest BCUT2D eigenvalue weighted by Gasteiger charge is -2.12. The van der Waals surface area contributed by atoms with Crippen LogP contribution in [0.1, 0.15) is 0 Å². The van der Waals surface area contributed by atoms with Crippen LogP contribution in [-0.4, -0.2) is 31.5 Å². The van der Waals surface area contributed by atoms with Crippen molar-refractivity contribution in [3.8, 4) is 39.9 Å². The van der Waals surface area contributed by atoms with Crippen LogP contribution in [0.2, 0.25) is 0 Å². The van der Waals surface area contributed by atoms with Crippen molar-refractivity contribution in [2.24, 2.45) is 0 Å². The zero-order chi connectivity index (χ0) is 19.1. The summed E-state index contributed by atoms with van der Waals surface area (Å²) in [6.07, 6.45) is 0. The number of ether oxygens (including phenoxy) is 3. The molecule has 0 atom stereocenters. The summed E-state index contributed by atoms with van der Waals surface area (Å²) < 4.78 is 22.1. The van der Waals surface area contributed by atoms with Crippen LogP contribution in [0, 0.1) is 0 Å². The van der Waals surface area contributed by atoms with E-state index in [0.717, 1.165) is 5.56 Å². The second-order valence-corrected chi connectivity index (χ2v) is 6.00. The number of benzene rings is 3. The predicted molar refractivity (Wildman–Crippen MR) is 102 cm³/mol. The van der Waals surface area contributed by atoms with Gasteiger partial charge in [-0.25, -0.2) is 0 Å². The van der Waals surface area contributed by atoms with E-state index >= 15 is 0 Å². The highest BCUT2D eigenvalue weighted by Gasteiger charge is 2.23. The molecular weight excluding hydrogens is 348 g/mol. The Hall–Kier alpha value is -3.54. The highest BCUT2D eigenvalue weighted by molar-refractivity contribution is 6.13. The molecule has 6 heteroatoms. The van der Waals surface area contributed by atoms with Gasteiger partial charge in [-0.3, -0.25) is 0 Å². The van der Waals surface area contributed by atoms with Crippen LogP contribution in [0.3, 0.4) is 0 Å². The number of hydrogen-bond acceptors (Lipinski definition) is 6. The van der Waals surface area contributed by atoms with Gasteiger partial charge in [0.25, 0.3) is 0 Å². The first-order valence-corrected chi connectivity index (χ1v) is 8.25. The Labute approximate surface area is 155 Å². The second-order valence-electron chi connectivity index (χ2n) is 6.00. The molecule has 1 heterocycles. The van der Waals surface area contributed by atoms with Gasteiger partial charge in [0.1, 0.15) is 17.1 Å². The number of furan rings is 1. The third-order valence-electron chi connectivity index (χ3n) is 4.58. The average molecular weight is 366 g/mol. The SMILES string of the molecule is COc1ccc(-c2c(O)cc3c(oc4ccc(O)c(OC)c43)c2OC)cc1. The van der Waals surface area contributed by atoms with Gasteiger partial charge in [0.05, 0.1) is 32.3 Å². The smallest absolute Gasteiger partial charge is 0.178 e. The molecule has 0 radical (unpaired) electrons. The minimum absolute atomic E-state index is 0.00890. The Kier molecular flexibility index (Phi) is 3.96. The van der Waals surface area contributed by atoms with Crippen molar-refractivity contribution < 1.29 is 28.8 Å². The zero-order valence-corrected chi connectivity index (χ0v) is 15.1. The molecule has 4 rings (SSSR count). The molecule has 0 unspecified atom stereocenters. The third-order valence-corrected chi connectivity index (χ3v) is 4.58. The number of phenols is 2. The van der Waals surface area contributed by atoms with Gasteiger partial charge < -0.3 is 28.8 Å². The molecule has 0 aliphatic heterocycles. The quantitative estimate of drug-likeness (QED) is 0.545. The molecule has 3 aromatic carbocycles. The Morgan fingerprint density at radius 1 is 0.778 bits per heavy atom. The number of aromatic hydroxyl groups is 2. The maximum absolute atomic E-state index is 10.8. The molecule has 27 heavy (non-hydrogen) atoms. The maximum atomic E-state index is 10.8. The van der Waals surface area contributed by atoms with Gasteiger partial charge in [0, 0.05) is 5.39 Å². The third kappa shape index (κ3) is 2.49. The number of hydrogen-bond donors (Lipinski definition) is 2. The lowest BCUT2D eigenvalue weighted by atomic mass is 10.00. The predicted octanol–water partition coefficient (Wildman–Crippen LogP) is 4.69. The van der Waals surface area contributed by atoms with Gasteiger partial charge >= 0.3 is 0 Å². The molecule has 0 amide bonds. The van der Waals surface area contributed by atoms with E-state index in [0.29, 0.717) is 39.0 Å². The van der Waals surface area contributed by atoms with Crippen LogP contribution < -0.4 is 14.2 Å². The van der Waals surface area contributed by atoms with Crippen molar-refractivity contribution in [2.45, 2.75) is 0 Å². The second kappa shape index (κ2) is 6.32. The molecule has 0 aliphatic rings. The Morgan fingerprint density at radius 2 is 1.48 bits per heavy atom. The van der Waals surface area contributed by atoms with Crippen LogP contribution in [0.4, 0.5) is 0 Å². The Balaban J connectivity index is 2.07. The molecule has 0 spiro atoms. The van der Waals surface area contributed by atoms with Crippen molar-refractivity contribution in [1.29, 1.82) is 0 Å². The summed E-state index contributed by atoms with van der Waals surface area (Å²) in [5.41, 5.74) is 2.24. The molecule has 2 N–H and O–H groups in total. The van der Waals surface area contributed by atoms with Crippen molar-refractivity contribution in [1.82, 2.24) is 0 Å². The summed E-state index contributed by atoms with van der Waals surface area (Å²) >= 11 is 0. The molecule has 0 aliphatic carbocycles. The van der Waals surface area contributed by atoms with Crippen LogP contribution in [-0.2, 0) is 0 Å². The normalized spacial score (nSPS) is 11.1. The van der Waals surface area contributed by atoms with Gasteiger partial charge in [-0.2, -0.15) is 0 Å². The van der Waals surface area contributed by atoms with Crippen LogP contribution in [0.25, 0.3) is 33.1 Å². The lowest BCUT2D eigenvalue weighted by molar-refractivity contribution is 0.378. The molecule has 1 aromatic heterocycles. The maximum Gasteiger partial charge on any atom is 0.178 e. The molecule has 6 nitrogen and oxygen atoms in total. The standard InChI is InChI=1S/C21H18O6/c1-24-12-6-4-11(5-7-12)17-15(23)10-13-18-16(27-19(13)21(17)26-3)9-8-14(22)20(18)25-2/h4-10,22-23H,1-3H3. The summed E-state index contributed by atoms with van der Waals surface area (Å²) in [4.78, 5) is 0. The van der Waals surface area contributed by atoms with E-state index in [9.17, 15) is 10.2 Å². The van der Waals surface area contributed by atoms with E-state index < -0.39 is 0 Å². The highest BCUT2D eigenvalue weighted by atomic mass is 16.5. The molecular formula is C21H18O6. The first kappa shape index (κ1) is 16.9. The van der Waals surface area contributed by atoms with Gasteiger partial charge in [0.15, 0.2) is 22.8 Å². The molecule has 4 aromatic rings. The van der Waals surface area contributed by atoms with E-state index in [2.05, 4.69) is 0 Å². The minimum Gasteiger partial charge on any atom is -0.507 e. The van der Waals surface area contributed by atoms with Crippen LogP contribution >= 0.6 is 0 Å². The number of fused-ring (bicyclic) bond motifs is 3. The van der Waals surface area contributed by atoms with E-state index in [1.807, 2.05) is 12.1 Å². The topological polar surface area (TPSA) is 81.3 Å². The summed E-state index contributed by atoms with van der Waals surface area (Å²) in [6, 6.07) is 12.0. The number of phenolic OH excluding ortho intramolecular Hbond substituents is 2. The minimum atomic E-state index is -0.00890. The fraction of sp³-hybridized carbons (Fsp3) is 0.143. The largest absolute Gasteiger partial charge is 0.507 e. The highest BCUT2D eigenvalue weighted by Crippen LogP contribution is 2.49. The van der Waals surface area contributed by atoms with E-state index in [4.69, 9.17) is 18.6 Å². The monoisotopic (exact) mass is 366 g/mol. The number of methoxy groups -OCH3 is 3. The Bertz CT molecular complexity index is 1140. The van der Waals surface area contributed by atoms with Gasteiger partial charge in [0.2, 0.25) is 0 Å². The van der Waals surface area contributed by atoms with E-state index in [1.54, 1.807) is 31.4 Å².